The van der Waals surface area contributed by atoms with Crippen LogP contribution in [-0.4, -0.2) is 15.1 Å². The molecule has 1 aromatic heterocycles. The van der Waals surface area contributed by atoms with Gasteiger partial charge in [-0.15, -0.1) is 0 Å². The maximum Gasteiger partial charge on any atom is 0.269 e. The van der Waals surface area contributed by atoms with E-state index in [2.05, 4.69) is 10.1 Å². The highest BCUT2D eigenvalue weighted by molar-refractivity contribution is 5.38. The van der Waals surface area contributed by atoms with Crippen LogP contribution in [0.3, 0.4) is 0 Å². The SMILES string of the molecule is CC(C)(c1ccc([N+](=O)[O-])cc1)c1nc(C2(N)CCC2)no1. The van der Waals surface area contributed by atoms with Gasteiger partial charge < -0.3 is 10.3 Å². The van der Waals surface area contributed by atoms with Crippen LogP contribution in [-0.2, 0) is 11.0 Å². The van der Waals surface area contributed by atoms with Crippen LogP contribution in [0.5, 0.6) is 0 Å². The summed E-state index contributed by atoms with van der Waals surface area (Å²) in [6.07, 6.45) is 2.81. The van der Waals surface area contributed by atoms with Crippen molar-refractivity contribution in [1.29, 1.82) is 0 Å². The summed E-state index contributed by atoms with van der Waals surface area (Å²) in [5.41, 5.74) is 6.13. The molecule has 1 heterocycles. The lowest BCUT2D eigenvalue weighted by Crippen LogP contribution is -2.44. The molecule has 0 saturated heterocycles. The summed E-state index contributed by atoms with van der Waals surface area (Å²) >= 11 is 0. The highest BCUT2D eigenvalue weighted by Crippen LogP contribution is 2.38. The van der Waals surface area contributed by atoms with E-state index in [4.69, 9.17) is 10.3 Å². The van der Waals surface area contributed by atoms with Crippen LogP contribution in [0.2, 0.25) is 0 Å². The molecule has 7 nitrogen and oxygen atoms in total. The zero-order valence-corrected chi connectivity index (χ0v) is 12.6. The number of nitrogens with zero attached hydrogens (tertiary/aromatic N) is 3. The van der Waals surface area contributed by atoms with Gasteiger partial charge >= 0.3 is 0 Å². The molecule has 0 atom stereocenters. The van der Waals surface area contributed by atoms with Crippen molar-refractivity contribution in [3.05, 3.63) is 51.7 Å². The Hall–Kier alpha value is -2.28. The van der Waals surface area contributed by atoms with E-state index in [9.17, 15) is 10.1 Å². The summed E-state index contributed by atoms with van der Waals surface area (Å²) < 4.78 is 5.41. The van der Waals surface area contributed by atoms with E-state index < -0.39 is 15.9 Å². The molecule has 0 spiro atoms. The first kappa shape index (κ1) is 14.6. The van der Waals surface area contributed by atoms with Crippen molar-refractivity contribution in [2.45, 2.75) is 44.1 Å². The smallest absolute Gasteiger partial charge is 0.269 e. The molecule has 0 unspecified atom stereocenters. The van der Waals surface area contributed by atoms with Crippen LogP contribution < -0.4 is 5.73 Å². The highest BCUT2D eigenvalue weighted by atomic mass is 16.6. The zero-order chi connectivity index (χ0) is 16.0. The second kappa shape index (κ2) is 4.88. The largest absolute Gasteiger partial charge is 0.338 e. The van der Waals surface area contributed by atoms with Crippen LogP contribution >= 0.6 is 0 Å². The van der Waals surface area contributed by atoms with E-state index in [0.29, 0.717) is 11.7 Å². The van der Waals surface area contributed by atoms with Crippen molar-refractivity contribution < 1.29 is 9.45 Å². The number of non-ortho nitro benzene ring substituents is 1. The predicted molar refractivity (Wildman–Crippen MR) is 79.2 cm³/mol. The molecule has 1 aromatic carbocycles. The van der Waals surface area contributed by atoms with Crippen LogP contribution in [0.25, 0.3) is 0 Å². The number of nitro groups is 1. The zero-order valence-electron chi connectivity index (χ0n) is 12.6. The first-order chi connectivity index (χ1) is 10.3. The summed E-state index contributed by atoms with van der Waals surface area (Å²) in [4.78, 5) is 14.8. The topological polar surface area (TPSA) is 108 Å². The van der Waals surface area contributed by atoms with Gasteiger partial charge in [0.25, 0.3) is 5.69 Å². The van der Waals surface area contributed by atoms with Crippen LogP contribution in [0.4, 0.5) is 5.69 Å². The van der Waals surface area contributed by atoms with Crippen molar-refractivity contribution in [2.75, 3.05) is 0 Å². The first-order valence-corrected chi connectivity index (χ1v) is 7.21. The van der Waals surface area contributed by atoms with Gasteiger partial charge in [0.05, 0.1) is 15.9 Å². The molecule has 0 radical (unpaired) electrons. The lowest BCUT2D eigenvalue weighted by molar-refractivity contribution is -0.384. The minimum absolute atomic E-state index is 0.0566. The van der Waals surface area contributed by atoms with E-state index in [1.54, 1.807) is 12.1 Å². The fourth-order valence-corrected chi connectivity index (χ4v) is 2.58. The lowest BCUT2D eigenvalue weighted by atomic mass is 9.77. The molecular formula is C15H18N4O3. The number of benzene rings is 1. The van der Waals surface area contributed by atoms with Crippen molar-refractivity contribution in [3.63, 3.8) is 0 Å². The van der Waals surface area contributed by atoms with Crippen LogP contribution in [0.15, 0.2) is 28.8 Å². The molecule has 0 amide bonds. The van der Waals surface area contributed by atoms with Crippen LogP contribution in [0, 0.1) is 10.1 Å². The van der Waals surface area contributed by atoms with Gasteiger partial charge in [0.15, 0.2) is 5.82 Å². The standard InChI is InChI=1S/C15H18N4O3/c1-14(2,10-4-6-11(7-5-10)19(20)21)13-17-12(18-22-13)15(16)8-3-9-15/h4-7H,3,8-9,16H2,1-2H3. The third-order valence-corrected chi connectivity index (χ3v) is 4.45. The van der Waals surface area contributed by atoms with Crippen molar-refractivity contribution in [3.8, 4) is 0 Å². The second-order valence-electron chi connectivity index (χ2n) is 6.36. The fourth-order valence-electron chi connectivity index (χ4n) is 2.58. The maximum atomic E-state index is 10.7. The van der Waals surface area contributed by atoms with Crippen molar-refractivity contribution >= 4 is 5.69 Å². The van der Waals surface area contributed by atoms with Crippen molar-refractivity contribution in [2.24, 2.45) is 5.73 Å². The van der Waals surface area contributed by atoms with E-state index in [1.165, 1.54) is 12.1 Å². The third-order valence-electron chi connectivity index (χ3n) is 4.45. The number of aromatic nitrogens is 2. The summed E-state index contributed by atoms with van der Waals surface area (Å²) in [5, 5.41) is 14.8. The summed E-state index contributed by atoms with van der Waals surface area (Å²) in [5.74, 6) is 1.01. The van der Waals surface area contributed by atoms with Gasteiger partial charge in [-0.25, -0.2) is 0 Å². The molecule has 1 aliphatic rings. The van der Waals surface area contributed by atoms with Gasteiger partial charge in [-0.2, -0.15) is 4.98 Å². The molecule has 0 bridgehead atoms. The van der Waals surface area contributed by atoms with Gasteiger partial charge in [0, 0.05) is 12.1 Å². The van der Waals surface area contributed by atoms with Gasteiger partial charge in [-0.05, 0) is 38.7 Å². The average molecular weight is 302 g/mol. The molecule has 116 valence electrons. The molecule has 3 rings (SSSR count). The van der Waals surface area contributed by atoms with E-state index in [-0.39, 0.29) is 5.69 Å². The Bertz CT molecular complexity index is 702. The molecule has 1 fully saturated rings. The third kappa shape index (κ3) is 2.27. The van der Waals surface area contributed by atoms with Crippen molar-refractivity contribution in [1.82, 2.24) is 10.1 Å². The summed E-state index contributed by atoms with van der Waals surface area (Å²) in [6, 6.07) is 6.38. The minimum Gasteiger partial charge on any atom is -0.338 e. The number of hydrogen-bond donors (Lipinski definition) is 1. The minimum atomic E-state index is -0.541. The summed E-state index contributed by atoms with van der Waals surface area (Å²) in [7, 11) is 0. The Balaban J connectivity index is 1.90. The number of nitrogens with two attached hydrogens (primary N) is 1. The van der Waals surface area contributed by atoms with Gasteiger partial charge in [-0.3, -0.25) is 10.1 Å². The summed E-state index contributed by atoms with van der Waals surface area (Å²) in [6.45, 7) is 3.88. The molecule has 2 aromatic rings. The first-order valence-electron chi connectivity index (χ1n) is 7.21. The van der Waals surface area contributed by atoms with Crippen LogP contribution in [0.1, 0.15) is 50.4 Å². The van der Waals surface area contributed by atoms with Gasteiger partial charge in [0.2, 0.25) is 5.89 Å². The highest BCUT2D eigenvalue weighted by Gasteiger charge is 2.40. The monoisotopic (exact) mass is 302 g/mol. The molecule has 7 heteroatoms. The van der Waals surface area contributed by atoms with E-state index in [0.717, 1.165) is 24.8 Å². The van der Waals surface area contributed by atoms with Gasteiger partial charge in [0.1, 0.15) is 0 Å². The Kier molecular flexibility index (Phi) is 3.25. The normalized spacial score (nSPS) is 17.0. The van der Waals surface area contributed by atoms with E-state index >= 15 is 0 Å². The number of nitro benzene ring substituents is 1. The Morgan fingerprint density at radius 1 is 1.32 bits per heavy atom. The number of rotatable bonds is 4. The molecule has 22 heavy (non-hydrogen) atoms. The molecule has 0 aliphatic heterocycles. The Labute approximate surface area is 127 Å². The molecular weight excluding hydrogens is 284 g/mol. The predicted octanol–water partition coefficient (Wildman–Crippen LogP) is 2.64. The Morgan fingerprint density at radius 3 is 2.45 bits per heavy atom. The lowest BCUT2D eigenvalue weighted by Gasteiger charge is -2.34. The fraction of sp³-hybridized carbons (Fsp3) is 0.467. The van der Waals surface area contributed by atoms with Gasteiger partial charge in [-0.1, -0.05) is 17.3 Å². The second-order valence-corrected chi connectivity index (χ2v) is 6.36. The quantitative estimate of drug-likeness (QED) is 0.687. The molecule has 2 N–H and O–H groups in total. The number of hydrogen-bond acceptors (Lipinski definition) is 6. The molecule has 1 aliphatic carbocycles. The maximum absolute atomic E-state index is 10.7. The average Bonchev–Trinajstić information content (AvgIpc) is 2.95. The Morgan fingerprint density at radius 2 is 1.95 bits per heavy atom. The van der Waals surface area contributed by atoms with E-state index in [1.807, 2.05) is 13.8 Å². The molecule has 1 saturated carbocycles.